The molecular weight excluding hydrogens is 242 g/mol. The lowest BCUT2D eigenvalue weighted by molar-refractivity contribution is 0.379. The lowest BCUT2D eigenvalue weighted by atomic mass is 10.3. The number of rotatable bonds is 6. The second-order valence-corrected chi connectivity index (χ2v) is 3.89. The normalized spacial score (nSPS) is 10.0. The van der Waals surface area contributed by atoms with Crippen LogP contribution in [0.15, 0.2) is 30.3 Å². The van der Waals surface area contributed by atoms with Crippen molar-refractivity contribution in [1.29, 1.82) is 0 Å². The first-order valence-electron chi connectivity index (χ1n) is 6.18. The van der Waals surface area contributed by atoms with Crippen LogP contribution in [0.2, 0.25) is 0 Å². The van der Waals surface area contributed by atoms with Gasteiger partial charge in [0.2, 0.25) is 11.9 Å². The molecule has 0 aliphatic rings. The lowest BCUT2D eigenvalue weighted by Gasteiger charge is -2.08. The van der Waals surface area contributed by atoms with Gasteiger partial charge in [-0.2, -0.15) is 15.0 Å². The lowest BCUT2D eigenvalue weighted by Crippen LogP contribution is -2.08. The number of nitrogens with one attached hydrogen (secondary N) is 2. The Balaban J connectivity index is 2.19. The van der Waals surface area contributed by atoms with E-state index in [1.165, 1.54) is 7.11 Å². The second kappa shape index (κ2) is 6.53. The van der Waals surface area contributed by atoms with Crippen molar-refractivity contribution in [3.05, 3.63) is 30.3 Å². The second-order valence-electron chi connectivity index (χ2n) is 3.89. The molecule has 0 saturated carbocycles. The Bertz CT molecular complexity index is 518. The fourth-order valence-electron chi connectivity index (χ4n) is 1.47. The van der Waals surface area contributed by atoms with Crippen LogP contribution < -0.4 is 15.4 Å². The molecule has 1 aromatic carbocycles. The predicted octanol–water partition coefficient (Wildman–Crippen LogP) is 2.45. The van der Waals surface area contributed by atoms with Gasteiger partial charge in [-0.25, -0.2) is 0 Å². The van der Waals surface area contributed by atoms with Gasteiger partial charge in [-0.3, -0.25) is 0 Å². The summed E-state index contributed by atoms with van der Waals surface area (Å²) < 4.78 is 5.07. The molecule has 0 aliphatic heterocycles. The Morgan fingerprint density at radius 3 is 2.47 bits per heavy atom. The summed E-state index contributed by atoms with van der Waals surface area (Å²) in [5.74, 6) is 0.962. The number of hydrogen-bond donors (Lipinski definition) is 2. The summed E-state index contributed by atoms with van der Waals surface area (Å²) in [5.41, 5.74) is 0.914. The van der Waals surface area contributed by atoms with E-state index < -0.39 is 0 Å². The number of nitrogens with zero attached hydrogens (tertiary/aromatic N) is 3. The van der Waals surface area contributed by atoms with Gasteiger partial charge >= 0.3 is 6.01 Å². The molecule has 100 valence electrons. The topological polar surface area (TPSA) is 72.0 Å². The molecule has 2 aromatic rings. The molecule has 0 unspecified atom stereocenters. The van der Waals surface area contributed by atoms with Gasteiger partial charge in [0.15, 0.2) is 0 Å². The first-order chi connectivity index (χ1) is 9.31. The third-order valence-corrected chi connectivity index (χ3v) is 2.36. The van der Waals surface area contributed by atoms with Crippen molar-refractivity contribution in [2.75, 3.05) is 24.3 Å². The minimum Gasteiger partial charge on any atom is -0.467 e. The maximum absolute atomic E-state index is 5.07. The van der Waals surface area contributed by atoms with Crippen molar-refractivity contribution in [2.24, 2.45) is 0 Å². The van der Waals surface area contributed by atoms with Crippen LogP contribution in [0.1, 0.15) is 13.3 Å². The molecular formula is C13H17N5O. The van der Waals surface area contributed by atoms with Crippen LogP contribution in [-0.4, -0.2) is 28.6 Å². The monoisotopic (exact) mass is 259 g/mol. The quantitative estimate of drug-likeness (QED) is 0.830. The van der Waals surface area contributed by atoms with E-state index >= 15 is 0 Å². The maximum Gasteiger partial charge on any atom is 0.322 e. The van der Waals surface area contributed by atoms with Gasteiger partial charge in [0, 0.05) is 12.2 Å². The Labute approximate surface area is 112 Å². The van der Waals surface area contributed by atoms with Gasteiger partial charge in [-0.05, 0) is 18.6 Å². The third-order valence-electron chi connectivity index (χ3n) is 2.36. The molecule has 0 aliphatic carbocycles. The van der Waals surface area contributed by atoms with Gasteiger partial charge in [-0.1, -0.05) is 25.1 Å². The van der Waals surface area contributed by atoms with Crippen LogP contribution in [0.3, 0.4) is 0 Å². The van der Waals surface area contributed by atoms with Crippen molar-refractivity contribution in [1.82, 2.24) is 15.0 Å². The van der Waals surface area contributed by atoms with Crippen LogP contribution in [0.25, 0.3) is 0 Å². The van der Waals surface area contributed by atoms with Crippen LogP contribution >= 0.6 is 0 Å². The minimum absolute atomic E-state index is 0.284. The molecule has 0 bridgehead atoms. The van der Waals surface area contributed by atoms with Crippen molar-refractivity contribution in [3.8, 4) is 6.01 Å². The van der Waals surface area contributed by atoms with Crippen LogP contribution in [0.5, 0.6) is 6.01 Å². The summed E-state index contributed by atoms with van der Waals surface area (Å²) in [6.45, 7) is 2.88. The first-order valence-corrected chi connectivity index (χ1v) is 6.18. The number of anilines is 3. The van der Waals surface area contributed by atoms with Crippen LogP contribution in [0, 0.1) is 0 Å². The summed E-state index contributed by atoms with van der Waals surface area (Å²) in [7, 11) is 1.53. The van der Waals surface area contributed by atoms with Crippen LogP contribution in [0.4, 0.5) is 17.6 Å². The SMILES string of the molecule is CCCNc1nc(Nc2ccccc2)nc(OC)n1. The Morgan fingerprint density at radius 2 is 1.79 bits per heavy atom. The number of benzene rings is 1. The van der Waals surface area contributed by atoms with Crippen molar-refractivity contribution >= 4 is 17.6 Å². The Hall–Kier alpha value is -2.37. The number of methoxy groups -OCH3 is 1. The highest BCUT2D eigenvalue weighted by Gasteiger charge is 2.06. The highest BCUT2D eigenvalue weighted by Crippen LogP contribution is 2.15. The fourth-order valence-corrected chi connectivity index (χ4v) is 1.47. The van der Waals surface area contributed by atoms with E-state index in [9.17, 15) is 0 Å². The first kappa shape index (κ1) is 13.1. The summed E-state index contributed by atoms with van der Waals surface area (Å²) in [6.07, 6.45) is 0.995. The fraction of sp³-hybridized carbons (Fsp3) is 0.308. The zero-order valence-electron chi connectivity index (χ0n) is 11.1. The largest absolute Gasteiger partial charge is 0.467 e. The van der Waals surface area contributed by atoms with E-state index in [0.29, 0.717) is 11.9 Å². The van der Waals surface area contributed by atoms with Gasteiger partial charge in [0.05, 0.1) is 7.11 Å². The third kappa shape index (κ3) is 3.80. The average molecular weight is 259 g/mol. The maximum atomic E-state index is 5.07. The van der Waals surface area contributed by atoms with Gasteiger partial charge in [-0.15, -0.1) is 0 Å². The summed E-state index contributed by atoms with van der Waals surface area (Å²) in [5, 5.41) is 6.23. The molecule has 0 atom stereocenters. The van der Waals surface area contributed by atoms with E-state index in [4.69, 9.17) is 4.74 Å². The predicted molar refractivity (Wildman–Crippen MR) is 74.9 cm³/mol. The number of ether oxygens (including phenoxy) is 1. The highest BCUT2D eigenvalue weighted by atomic mass is 16.5. The molecule has 0 saturated heterocycles. The van der Waals surface area contributed by atoms with Gasteiger partial charge in [0.25, 0.3) is 0 Å². The molecule has 0 radical (unpaired) electrons. The molecule has 0 fully saturated rings. The molecule has 1 heterocycles. The zero-order valence-corrected chi connectivity index (χ0v) is 11.1. The Kier molecular flexibility index (Phi) is 4.49. The van der Waals surface area contributed by atoms with E-state index in [2.05, 4.69) is 32.5 Å². The van der Waals surface area contributed by atoms with E-state index in [1.54, 1.807) is 0 Å². The number of aromatic nitrogens is 3. The van der Waals surface area contributed by atoms with Gasteiger partial charge in [0.1, 0.15) is 0 Å². The molecule has 19 heavy (non-hydrogen) atoms. The van der Waals surface area contributed by atoms with E-state index in [0.717, 1.165) is 18.7 Å². The Morgan fingerprint density at radius 1 is 1.05 bits per heavy atom. The minimum atomic E-state index is 0.284. The molecule has 6 nitrogen and oxygen atoms in total. The van der Waals surface area contributed by atoms with Crippen molar-refractivity contribution in [3.63, 3.8) is 0 Å². The van der Waals surface area contributed by atoms with Crippen molar-refractivity contribution in [2.45, 2.75) is 13.3 Å². The molecule has 6 heteroatoms. The smallest absolute Gasteiger partial charge is 0.322 e. The molecule has 0 spiro atoms. The zero-order chi connectivity index (χ0) is 13.5. The summed E-state index contributed by atoms with van der Waals surface area (Å²) >= 11 is 0. The molecule has 2 N–H and O–H groups in total. The van der Waals surface area contributed by atoms with Crippen LogP contribution in [-0.2, 0) is 0 Å². The van der Waals surface area contributed by atoms with E-state index in [-0.39, 0.29) is 6.01 Å². The summed E-state index contributed by atoms with van der Waals surface area (Å²) in [4.78, 5) is 12.6. The van der Waals surface area contributed by atoms with Gasteiger partial charge < -0.3 is 15.4 Å². The van der Waals surface area contributed by atoms with Crippen molar-refractivity contribution < 1.29 is 4.74 Å². The standard InChI is InChI=1S/C13H17N5O/c1-3-9-14-11-16-12(18-13(17-11)19-2)15-10-7-5-4-6-8-10/h4-8H,3,9H2,1-2H3,(H2,14,15,16,17,18). The molecule has 1 aromatic heterocycles. The average Bonchev–Trinajstić information content (AvgIpc) is 2.46. The number of para-hydroxylation sites is 1. The number of hydrogen-bond acceptors (Lipinski definition) is 6. The molecule has 0 amide bonds. The summed E-state index contributed by atoms with van der Waals surface area (Å²) in [6, 6.07) is 10.00. The van der Waals surface area contributed by atoms with E-state index in [1.807, 2.05) is 30.3 Å². The molecule has 2 rings (SSSR count). The highest BCUT2D eigenvalue weighted by molar-refractivity contribution is 5.53.